The van der Waals surface area contributed by atoms with Crippen LogP contribution in [0.5, 0.6) is 0 Å². The normalized spacial score (nSPS) is 27.0. The molecule has 0 aliphatic carbocycles. The molecule has 0 N–H and O–H groups in total. The second kappa shape index (κ2) is 34.5. The summed E-state index contributed by atoms with van der Waals surface area (Å²) in [5.41, 5.74) is 5.04. The van der Waals surface area contributed by atoms with Crippen LogP contribution in [0.2, 0.25) is 0 Å². The molecule has 6 aliphatic rings. The third-order valence-electron chi connectivity index (χ3n) is 15.9. The number of hydrogen-bond acceptors (Lipinski definition) is 33. The molecule has 540 valence electrons. The first-order valence-corrected chi connectivity index (χ1v) is 31.9. The highest BCUT2D eigenvalue weighted by Gasteiger charge is 2.58. The van der Waals surface area contributed by atoms with Crippen LogP contribution in [0, 0.1) is 20.0 Å². The van der Waals surface area contributed by atoms with Crippen molar-refractivity contribution in [1.82, 2.24) is 29.4 Å². The van der Waals surface area contributed by atoms with Gasteiger partial charge in [-0.05, 0) is 52.6 Å². The maximum absolute atomic E-state index is 12.9. The fraction of sp³-hybridized carbons (Fsp3) is 0.591. The van der Waals surface area contributed by atoms with Gasteiger partial charge in [0.15, 0.2) is 73.6 Å². The monoisotopic (exact) mass is 1390 g/mol. The first-order valence-electron chi connectivity index (χ1n) is 31.9. The van der Waals surface area contributed by atoms with Crippen LogP contribution < -0.4 is 0 Å². The Morgan fingerprint density at radius 2 is 0.495 bits per heavy atom. The van der Waals surface area contributed by atoms with E-state index in [2.05, 4.69) is 20.0 Å². The summed E-state index contributed by atoms with van der Waals surface area (Å²) in [5.74, 6) is -9.43. The van der Waals surface area contributed by atoms with Gasteiger partial charge >= 0.3 is 71.6 Å². The SMILES string of the molecule is CCc1c(CN2[C]N([C@@H]3O[C@H](COC(C)=O)[C@@H](OC(C)=O)[C@H](OC(C)=O)[C@H]3OC(C)=O)C=C2)c(CC)c(CN2[C]N([C@@H]3O[C@H](COC(C)=O)[C@@H](OC(C)=O)[C@H](OC(C)=O)[C@H]3OC(C)=O)C=C2)c(CC)c1CN1[C]N([C@@H]2O[C@H](COC(C)=O)[C@@H](OC(C)=O)[C@H](OC(C)=O)[C@H]2OC(C)=O)C=C1. The molecule has 15 atom stereocenters. The van der Waals surface area contributed by atoms with E-state index in [1.165, 1.54) is 14.7 Å². The summed E-state index contributed by atoms with van der Waals surface area (Å²) < 4.78 is 86.9. The van der Waals surface area contributed by atoms with Crippen LogP contribution in [0.15, 0.2) is 37.2 Å². The zero-order valence-corrected chi connectivity index (χ0v) is 57.7. The highest BCUT2D eigenvalue weighted by molar-refractivity contribution is 5.71. The summed E-state index contributed by atoms with van der Waals surface area (Å²) >= 11 is 0. The van der Waals surface area contributed by atoms with Crippen molar-refractivity contribution in [3.05, 3.63) is 90.6 Å². The molecule has 1 aromatic rings. The topological polar surface area (TPSA) is 363 Å². The predicted molar refractivity (Wildman–Crippen MR) is 330 cm³/mol. The quantitative estimate of drug-likeness (QED) is 0.0901. The second-order valence-corrected chi connectivity index (χ2v) is 23.5. The number of nitrogens with zero attached hydrogens (tertiary/aromatic N) is 6. The van der Waals surface area contributed by atoms with E-state index in [0.29, 0.717) is 19.3 Å². The van der Waals surface area contributed by atoms with E-state index < -0.39 is 183 Å². The number of rotatable bonds is 27. The second-order valence-electron chi connectivity index (χ2n) is 23.5. The molecule has 33 nitrogen and oxygen atoms in total. The van der Waals surface area contributed by atoms with Gasteiger partial charge in [0, 0.05) is 140 Å². The van der Waals surface area contributed by atoms with E-state index in [-0.39, 0.29) is 19.6 Å². The van der Waals surface area contributed by atoms with Crippen molar-refractivity contribution in [3.63, 3.8) is 0 Å². The first kappa shape index (κ1) is 77.1. The summed E-state index contributed by atoms with van der Waals surface area (Å²) in [7, 11) is 0. The lowest BCUT2D eigenvalue weighted by Gasteiger charge is -2.46. The minimum atomic E-state index is -1.49. The Bertz CT molecular complexity index is 2930. The molecule has 99 heavy (non-hydrogen) atoms. The van der Waals surface area contributed by atoms with Crippen molar-refractivity contribution in [1.29, 1.82) is 0 Å². The lowest BCUT2D eigenvalue weighted by molar-refractivity contribution is -0.271. The van der Waals surface area contributed by atoms with E-state index in [4.69, 9.17) is 71.1 Å². The van der Waals surface area contributed by atoms with Crippen LogP contribution >= 0.6 is 0 Å². The molecule has 7 rings (SSSR count). The lowest BCUT2D eigenvalue weighted by Crippen LogP contribution is -2.65. The number of benzene rings is 1. The lowest BCUT2D eigenvalue weighted by atomic mass is 9.82. The van der Waals surface area contributed by atoms with Gasteiger partial charge in [0.1, 0.15) is 38.1 Å². The maximum Gasteiger partial charge on any atom is 0.303 e. The summed E-state index contributed by atoms with van der Waals surface area (Å²) in [5, 5.41) is 0. The van der Waals surface area contributed by atoms with Gasteiger partial charge in [0.2, 0.25) is 20.0 Å². The van der Waals surface area contributed by atoms with Crippen molar-refractivity contribution in [2.75, 3.05) is 19.8 Å². The van der Waals surface area contributed by atoms with Gasteiger partial charge in [0.05, 0.1) is 0 Å². The van der Waals surface area contributed by atoms with E-state index in [0.717, 1.165) is 116 Å². The molecule has 0 bridgehead atoms. The van der Waals surface area contributed by atoms with Gasteiger partial charge in [-0.15, -0.1) is 0 Å². The third kappa shape index (κ3) is 20.0. The van der Waals surface area contributed by atoms with Crippen molar-refractivity contribution in [3.8, 4) is 0 Å². The Morgan fingerprint density at radius 1 is 0.293 bits per heavy atom. The van der Waals surface area contributed by atoms with Gasteiger partial charge in [-0.25, -0.2) is 0 Å². The predicted octanol–water partition coefficient (Wildman–Crippen LogP) is 2.38. The zero-order chi connectivity index (χ0) is 72.9. The number of carbonyl (C=O) groups excluding carboxylic acids is 12. The Hall–Kier alpha value is -9.24. The molecule has 6 radical (unpaired) electrons. The van der Waals surface area contributed by atoms with Crippen molar-refractivity contribution >= 4 is 71.6 Å². The largest absolute Gasteiger partial charge is 0.463 e. The van der Waals surface area contributed by atoms with Gasteiger partial charge in [0.25, 0.3) is 0 Å². The van der Waals surface area contributed by atoms with Crippen LogP contribution in [0.25, 0.3) is 0 Å². The number of hydrogen-bond donors (Lipinski definition) is 0. The molecule has 6 heterocycles. The van der Waals surface area contributed by atoms with Crippen molar-refractivity contribution in [2.24, 2.45) is 0 Å². The van der Waals surface area contributed by atoms with E-state index >= 15 is 0 Å². The fourth-order valence-corrected chi connectivity index (χ4v) is 12.5. The van der Waals surface area contributed by atoms with Crippen molar-refractivity contribution < 1.29 is 129 Å². The van der Waals surface area contributed by atoms with E-state index in [1.54, 1.807) is 51.9 Å². The molecule has 1 aromatic carbocycles. The standard InChI is InChI=1S/C66H84N6O27/c1-16-46-49(25-67-19-22-70(31-67)64-61(94-43(13)82)58(91-40(10)79)55(88-37(7)76)52(97-64)28-85-34(4)73)47(17-2)51(27-69-21-24-72(33-69)66-63(96-45(15)84)60(93-42(12)81)57(90-39(9)78)54(99-66)30-87-36(6)75)48(18-3)50(46)26-68-20-23-71(32-68)65-62(95-44(14)83)59(92-41(11)80)56(89-38(8)77)53(98-65)29-86-35(5)74/h19-24,52-66H,16-18,25-30H2,1-15H3/t52-,53-,54-,55-,56-,57-,58+,59+,60+,61-,62-,63-,64-,65-,66-/m1/s1. The molecule has 0 spiro atoms. The molecular weight excluding hydrogens is 1310 g/mol. The van der Waals surface area contributed by atoms with E-state index in [9.17, 15) is 57.5 Å². The van der Waals surface area contributed by atoms with Crippen LogP contribution in [0.1, 0.15) is 137 Å². The molecule has 6 aliphatic heterocycles. The number of esters is 12. The minimum absolute atomic E-state index is 0.0921. The summed E-state index contributed by atoms with van der Waals surface area (Å²) in [6.07, 6.45) is -10.1. The fourth-order valence-electron chi connectivity index (χ4n) is 12.5. The van der Waals surface area contributed by atoms with E-state index in [1.807, 2.05) is 20.8 Å². The summed E-state index contributed by atoms with van der Waals surface area (Å²) in [6.45, 7) is 28.2. The van der Waals surface area contributed by atoms with Gasteiger partial charge in [-0.3, -0.25) is 57.5 Å². The molecule has 33 heteroatoms. The average molecular weight is 1390 g/mol. The molecule has 0 amide bonds. The number of ether oxygens (including phenoxy) is 15. The Labute approximate surface area is 572 Å². The van der Waals surface area contributed by atoms with Crippen molar-refractivity contribution in [2.45, 2.75) is 235 Å². The molecule has 0 aromatic heterocycles. The summed E-state index contributed by atoms with van der Waals surface area (Å²) in [4.78, 5) is 161. The maximum atomic E-state index is 12.9. The highest BCUT2D eigenvalue weighted by atomic mass is 16.7. The van der Waals surface area contributed by atoms with Gasteiger partial charge < -0.3 is 100 Å². The molecule has 0 unspecified atom stereocenters. The van der Waals surface area contributed by atoms with Crippen LogP contribution in [-0.2, 0) is 167 Å². The first-order chi connectivity index (χ1) is 46.8. The molecule has 0 saturated carbocycles. The Kier molecular flexibility index (Phi) is 26.9. The molecule has 3 fully saturated rings. The number of carbonyl (C=O) groups is 12. The van der Waals surface area contributed by atoms with Crippen LogP contribution in [0.3, 0.4) is 0 Å². The Balaban J connectivity index is 1.31. The average Bonchev–Trinajstić information content (AvgIpc) is 1.76. The molecule has 3 saturated heterocycles. The third-order valence-corrected chi connectivity index (χ3v) is 15.9. The van der Waals surface area contributed by atoms with Crippen LogP contribution in [-0.4, -0.2) is 213 Å². The highest BCUT2D eigenvalue weighted by Crippen LogP contribution is 2.41. The minimum Gasteiger partial charge on any atom is -0.463 e. The summed E-state index contributed by atoms with van der Waals surface area (Å²) in [6, 6.07) is 0. The van der Waals surface area contributed by atoms with Gasteiger partial charge in [-0.2, -0.15) is 0 Å². The molecular formula is C66H84N6O27. The zero-order valence-electron chi connectivity index (χ0n) is 57.7. The Morgan fingerprint density at radius 3 is 0.687 bits per heavy atom. The van der Waals surface area contributed by atoms with Gasteiger partial charge in [-0.1, -0.05) is 20.8 Å². The smallest absolute Gasteiger partial charge is 0.303 e. The van der Waals surface area contributed by atoms with Crippen LogP contribution in [0.4, 0.5) is 0 Å².